The van der Waals surface area contributed by atoms with Crippen LogP contribution in [-0.4, -0.2) is 20.0 Å². The molecule has 5 nitrogen and oxygen atoms in total. The van der Waals surface area contributed by atoms with Crippen LogP contribution in [0, 0.1) is 0 Å². The molecule has 1 aliphatic carbocycles. The van der Waals surface area contributed by atoms with Gasteiger partial charge in [0.15, 0.2) is 0 Å². The van der Waals surface area contributed by atoms with Gasteiger partial charge in [0.25, 0.3) is 0 Å². The molecule has 0 fully saturated rings. The van der Waals surface area contributed by atoms with Gasteiger partial charge in [-0.3, -0.25) is 0 Å². The number of nitrogens with two attached hydrogens (primary N) is 1. The van der Waals surface area contributed by atoms with E-state index < -0.39 is 0 Å². The van der Waals surface area contributed by atoms with Gasteiger partial charge in [0.05, 0.1) is 11.4 Å². The molecule has 2 N–H and O–H groups in total. The van der Waals surface area contributed by atoms with Crippen LogP contribution in [0.3, 0.4) is 0 Å². The zero-order valence-corrected chi connectivity index (χ0v) is 13.1. The van der Waals surface area contributed by atoms with E-state index in [4.69, 9.17) is 10.7 Å². The van der Waals surface area contributed by atoms with E-state index >= 15 is 0 Å². The molecule has 2 aromatic heterocycles. The molecule has 3 rings (SSSR count). The van der Waals surface area contributed by atoms with E-state index in [2.05, 4.69) is 31.1 Å². The van der Waals surface area contributed by atoms with E-state index in [1.165, 1.54) is 23.4 Å². The highest BCUT2D eigenvalue weighted by Crippen LogP contribution is 2.32. The van der Waals surface area contributed by atoms with Gasteiger partial charge in [0, 0.05) is 16.8 Å². The minimum Gasteiger partial charge on any atom is -0.325 e. The van der Waals surface area contributed by atoms with E-state index in [9.17, 15) is 0 Å². The maximum absolute atomic E-state index is 5.80. The van der Waals surface area contributed by atoms with Crippen LogP contribution >= 0.6 is 11.3 Å². The van der Waals surface area contributed by atoms with Gasteiger partial charge in [-0.1, -0.05) is 37.3 Å². The third kappa shape index (κ3) is 2.27. The van der Waals surface area contributed by atoms with Crippen LogP contribution in [0.25, 0.3) is 5.13 Å². The zero-order valence-electron chi connectivity index (χ0n) is 12.3. The van der Waals surface area contributed by atoms with Crippen molar-refractivity contribution in [2.75, 3.05) is 0 Å². The number of hydrogen-bond donors (Lipinski definition) is 1. The van der Waals surface area contributed by atoms with Crippen LogP contribution in [0.5, 0.6) is 0 Å². The van der Waals surface area contributed by atoms with E-state index in [1.807, 2.05) is 4.68 Å². The van der Waals surface area contributed by atoms with Gasteiger partial charge in [-0.05, 0) is 25.7 Å². The second-order valence-electron chi connectivity index (χ2n) is 6.32. The first kappa shape index (κ1) is 13.7. The number of hydrogen-bond acceptors (Lipinski definition) is 5. The first-order chi connectivity index (χ1) is 9.50. The Bertz CT molecular complexity index is 597. The van der Waals surface area contributed by atoms with Crippen LogP contribution in [0.4, 0.5) is 0 Å². The average Bonchev–Trinajstić information content (AvgIpc) is 3.01. The first-order valence-electron chi connectivity index (χ1n) is 7.15. The second kappa shape index (κ2) is 4.93. The number of fused-ring (bicyclic) bond motifs is 1. The lowest BCUT2D eigenvalue weighted by atomic mass is 9.90. The molecule has 2 heterocycles. The van der Waals surface area contributed by atoms with E-state index in [0.29, 0.717) is 6.54 Å². The van der Waals surface area contributed by atoms with Crippen LogP contribution in [0.15, 0.2) is 0 Å². The predicted molar refractivity (Wildman–Crippen MR) is 80.3 cm³/mol. The molecular formula is C14H21N5S. The molecule has 0 unspecified atom stereocenters. The van der Waals surface area contributed by atoms with Crippen LogP contribution in [0.1, 0.15) is 55.6 Å². The molecule has 108 valence electrons. The standard InChI is InChI=1S/C14H21N5S/c1-14(2,3)12-10(8-15)17-18-19(12)13-16-9-6-4-5-7-11(9)20-13/h4-8,15H2,1-3H3. The van der Waals surface area contributed by atoms with E-state index in [1.54, 1.807) is 11.3 Å². The van der Waals surface area contributed by atoms with Gasteiger partial charge in [-0.2, -0.15) is 4.68 Å². The maximum atomic E-state index is 5.80. The molecule has 0 saturated carbocycles. The van der Waals surface area contributed by atoms with Crippen molar-refractivity contribution in [1.82, 2.24) is 20.0 Å². The number of nitrogens with zero attached hydrogens (tertiary/aromatic N) is 4. The Hall–Kier alpha value is -1.27. The second-order valence-corrected chi connectivity index (χ2v) is 7.39. The summed E-state index contributed by atoms with van der Waals surface area (Å²) in [5.74, 6) is 0. The molecule has 20 heavy (non-hydrogen) atoms. The maximum Gasteiger partial charge on any atom is 0.212 e. The van der Waals surface area contributed by atoms with Crippen LogP contribution < -0.4 is 5.73 Å². The third-order valence-corrected chi connectivity index (χ3v) is 4.79. The Morgan fingerprint density at radius 3 is 2.65 bits per heavy atom. The molecule has 0 aromatic carbocycles. The summed E-state index contributed by atoms with van der Waals surface area (Å²) < 4.78 is 1.89. The molecule has 0 spiro atoms. The summed E-state index contributed by atoms with van der Waals surface area (Å²) in [5.41, 5.74) is 8.94. The number of rotatable bonds is 2. The lowest BCUT2D eigenvalue weighted by Gasteiger charge is -2.19. The largest absolute Gasteiger partial charge is 0.325 e. The molecule has 0 atom stereocenters. The van der Waals surface area contributed by atoms with Crippen molar-refractivity contribution in [3.05, 3.63) is 22.0 Å². The molecule has 0 aliphatic heterocycles. The third-order valence-electron chi connectivity index (χ3n) is 3.66. The van der Waals surface area contributed by atoms with Crippen molar-refractivity contribution < 1.29 is 0 Å². The van der Waals surface area contributed by atoms with Crippen molar-refractivity contribution in [3.8, 4) is 5.13 Å². The van der Waals surface area contributed by atoms with E-state index in [0.717, 1.165) is 29.4 Å². The molecule has 0 amide bonds. The lowest BCUT2D eigenvalue weighted by molar-refractivity contribution is 0.536. The topological polar surface area (TPSA) is 69.6 Å². The van der Waals surface area contributed by atoms with E-state index in [-0.39, 0.29) is 5.41 Å². The number of aromatic nitrogens is 4. The highest BCUT2D eigenvalue weighted by molar-refractivity contribution is 7.14. The first-order valence-corrected chi connectivity index (χ1v) is 7.96. The van der Waals surface area contributed by atoms with Crippen molar-refractivity contribution in [1.29, 1.82) is 0 Å². The molecule has 1 aliphatic rings. The fourth-order valence-corrected chi connectivity index (χ4v) is 3.87. The monoisotopic (exact) mass is 291 g/mol. The molecule has 2 aromatic rings. The fourth-order valence-electron chi connectivity index (χ4n) is 2.76. The summed E-state index contributed by atoms with van der Waals surface area (Å²) in [4.78, 5) is 6.19. The summed E-state index contributed by atoms with van der Waals surface area (Å²) in [5, 5.41) is 9.48. The zero-order chi connectivity index (χ0) is 14.3. The lowest BCUT2D eigenvalue weighted by Crippen LogP contribution is -2.20. The normalized spacial score (nSPS) is 15.4. The molecule has 6 heteroatoms. The summed E-state index contributed by atoms with van der Waals surface area (Å²) in [7, 11) is 0. The quantitative estimate of drug-likeness (QED) is 0.922. The Balaban J connectivity index is 2.10. The molecule has 0 bridgehead atoms. The van der Waals surface area contributed by atoms with Crippen molar-refractivity contribution in [2.24, 2.45) is 5.73 Å². The number of aryl methyl sites for hydroxylation is 2. The fraction of sp³-hybridized carbons (Fsp3) is 0.643. The molecular weight excluding hydrogens is 270 g/mol. The highest BCUT2D eigenvalue weighted by atomic mass is 32.1. The smallest absolute Gasteiger partial charge is 0.212 e. The van der Waals surface area contributed by atoms with Crippen molar-refractivity contribution in [3.63, 3.8) is 0 Å². The summed E-state index contributed by atoms with van der Waals surface area (Å²) >= 11 is 1.75. The Morgan fingerprint density at radius 2 is 2.00 bits per heavy atom. The van der Waals surface area contributed by atoms with Crippen LogP contribution in [-0.2, 0) is 24.8 Å². The number of thiazole rings is 1. The summed E-state index contributed by atoms with van der Waals surface area (Å²) in [6.07, 6.45) is 4.76. The summed E-state index contributed by atoms with van der Waals surface area (Å²) in [6, 6.07) is 0. The van der Waals surface area contributed by atoms with Gasteiger partial charge in [-0.15, -0.1) is 5.10 Å². The minimum atomic E-state index is -0.0512. The van der Waals surface area contributed by atoms with Gasteiger partial charge < -0.3 is 5.73 Å². The average molecular weight is 291 g/mol. The highest BCUT2D eigenvalue weighted by Gasteiger charge is 2.27. The Morgan fingerprint density at radius 1 is 1.25 bits per heavy atom. The SMILES string of the molecule is CC(C)(C)c1c(CN)nnn1-c1nc2c(s1)CCCC2. The Labute approximate surface area is 123 Å². The minimum absolute atomic E-state index is 0.0512. The van der Waals surface area contributed by atoms with Gasteiger partial charge in [0.2, 0.25) is 5.13 Å². The molecule has 0 saturated heterocycles. The predicted octanol–water partition coefficient (Wildman–Crippen LogP) is 2.36. The summed E-state index contributed by atoms with van der Waals surface area (Å²) in [6.45, 7) is 6.90. The van der Waals surface area contributed by atoms with Crippen molar-refractivity contribution in [2.45, 2.75) is 58.4 Å². The van der Waals surface area contributed by atoms with Gasteiger partial charge in [0.1, 0.15) is 5.69 Å². The van der Waals surface area contributed by atoms with Gasteiger partial charge >= 0.3 is 0 Å². The Kier molecular flexibility index (Phi) is 3.38. The van der Waals surface area contributed by atoms with Crippen molar-refractivity contribution >= 4 is 11.3 Å². The molecule has 0 radical (unpaired) electrons. The van der Waals surface area contributed by atoms with Gasteiger partial charge in [-0.25, -0.2) is 4.98 Å². The van der Waals surface area contributed by atoms with Crippen LogP contribution in [0.2, 0.25) is 0 Å².